The molecule has 0 spiro atoms. The molecule has 0 atom stereocenters. The van der Waals surface area contributed by atoms with Gasteiger partial charge in [-0.3, -0.25) is 4.55 Å². The van der Waals surface area contributed by atoms with Gasteiger partial charge in [-0.05, 0) is 37.1 Å². The monoisotopic (exact) mass is 580 g/mol. The molecule has 2 aromatic rings. The SMILES string of the molecule is CCCCCCCCC1(OCCCS(=O)(=O)O)COc2ccccc2OCCOCCOc2ccccc2OC1. The third kappa shape index (κ3) is 11.9. The van der Waals surface area contributed by atoms with Gasteiger partial charge >= 0.3 is 0 Å². The maximum absolute atomic E-state index is 11.3. The molecule has 0 aliphatic carbocycles. The Bertz CT molecular complexity index is 1030. The normalized spacial score (nSPS) is 16.4. The van der Waals surface area contributed by atoms with E-state index in [9.17, 15) is 13.0 Å². The Morgan fingerprint density at radius 1 is 0.725 bits per heavy atom. The molecule has 1 aliphatic heterocycles. The highest BCUT2D eigenvalue weighted by Crippen LogP contribution is 2.32. The molecular formula is C30H44O9S. The van der Waals surface area contributed by atoms with Crippen LogP contribution in [-0.4, -0.2) is 70.6 Å². The van der Waals surface area contributed by atoms with Crippen LogP contribution in [0.3, 0.4) is 0 Å². The number of unbranched alkanes of at least 4 members (excludes halogenated alkanes) is 5. The first kappa shape index (κ1) is 32.0. The van der Waals surface area contributed by atoms with Crippen molar-refractivity contribution in [3.05, 3.63) is 48.5 Å². The molecule has 2 aromatic carbocycles. The maximum atomic E-state index is 11.3. The van der Waals surface area contributed by atoms with Crippen LogP contribution in [0.1, 0.15) is 58.3 Å². The molecule has 224 valence electrons. The molecule has 0 aromatic heterocycles. The fourth-order valence-corrected chi connectivity index (χ4v) is 4.90. The van der Waals surface area contributed by atoms with Gasteiger partial charge in [0.2, 0.25) is 0 Å². The summed E-state index contributed by atoms with van der Waals surface area (Å²) < 4.78 is 68.4. The third-order valence-electron chi connectivity index (χ3n) is 6.59. The summed E-state index contributed by atoms with van der Waals surface area (Å²) in [6.45, 7) is 4.14. The van der Waals surface area contributed by atoms with Crippen molar-refractivity contribution in [2.75, 3.05) is 52.0 Å². The molecule has 0 bridgehead atoms. The third-order valence-corrected chi connectivity index (χ3v) is 7.40. The lowest BCUT2D eigenvalue weighted by atomic mass is 9.96. The van der Waals surface area contributed by atoms with E-state index in [1.54, 1.807) is 0 Å². The van der Waals surface area contributed by atoms with Crippen LogP contribution in [0, 0.1) is 0 Å². The second-order valence-electron chi connectivity index (χ2n) is 9.97. The predicted molar refractivity (Wildman–Crippen MR) is 153 cm³/mol. The van der Waals surface area contributed by atoms with Gasteiger partial charge in [0.15, 0.2) is 23.0 Å². The predicted octanol–water partition coefficient (Wildman–Crippen LogP) is 5.72. The molecule has 1 heterocycles. The zero-order valence-corrected chi connectivity index (χ0v) is 24.4. The van der Waals surface area contributed by atoms with Crippen molar-refractivity contribution < 1.29 is 41.4 Å². The van der Waals surface area contributed by atoms with E-state index in [1.807, 2.05) is 48.5 Å². The largest absolute Gasteiger partial charge is 0.487 e. The highest BCUT2D eigenvalue weighted by Gasteiger charge is 2.34. The first-order valence-electron chi connectivity index (χ1n) is 14.3. The zero-order chi connectivity index (χ0) is 28.5. The molecule has 1 N–H and O–H groups in total. The summed E-state index contributed by atoms with van der Waals surface area (Å²) in [5.41, 5.74) is -0.885. The number of benzene rings is 2. The number of ether oxygens (including phenoxy) is 6. The van der Waals surface area contributed by atoms with Gasteiger partial charge in [-0.2, -0.15) is 8.42 Å². The molecule has 0 unspecified atom stereocenters. The van der Waals surface area contributed by atoms with Crippen LogP contribution < -0.4 is 18.9 Å². The molecule has 0 radical (unpaired) electrons. The standard InChI is InChI=1S/C30H44O9S/c1-2-3-4-5-6-11-17-30(39-18-12-23-40(31,32)33)24-37-28-15-9-7-13-26(28)35-21-19-34-20-22-36-27-14-8-10-16-29(27)38-25-30/h7-10,13-16H,2-6,11-12,17-25H2,1H3,(H,31,32,33). The topological polar surface area (TPSA) is 110 Å². The molecule has 40 heavy (non-hydrogen) atoms. The van der Waals surface area contributed by atoms with E-state index >= 15 is 0 Å². The minimum Gasteiger partial charge on any atom is -0.487 e. The Morgan fingerprint density at radius 2 is 1.23 bits per heavy atom. The smallest absolute Gasteiger partial charge is 0.264 e. The van der Waals surface area contributed by atoms with Crippen LogP contribution in [0.25, 0.3) is 0 Å². The molecular weight excluding hydrogens is 536 g/mol. The highest BCUT2D eigenvalue weighted by molar-refractivity contribution is 7.85. The summed E-state index contributed by atoms with van der Waals surface area (Å²) in [5, 5.41) is 0. The molecule has 9 nitrogen and oxygen atoms in total. The lowest BCUT2D eigenvalue weighted by Crippen LogP contribution is -2.45. The van der Waals surface area contributed by atoms with Crippen LogP contribution >= 0.6 is 0 Å². The van der Waals surface area contributed by atoms with Crippen LogP contribution in [0.15, 0.2) is 48.5 Å². The van der Waals surface area contributed by atoms with E-state index < -0.39 is 15.7 Å². The van der Waals surface area contributed by atoms with Gasteiger partial charge in [-0.15, -0.1) is 0 Å². The molecule has 0 amide bonds. The number of hydrogen-bond donors (Lipinski definition) is 1. The van der Waals surface area contributed by atoms with Gasteiger partial charge in [0, 0.05) is 6.61 Å². The second kappa shape index (κ2) is 17.3. The first-order valence-corrected chi connectivity index (χ1v) is 15.9. The van der Waals surface area contributed by atoms with Crippen LogP contribution in [0.4, 0.5) is 0 Å². The van der Waals surface area contributed by atoms with E-state index in [1.165, 1.54) is 19.3 Å². The Labute approximate surface area is 238 Å². The minimum atomic E-state index is -4.09. The van der Waals surface area contributed by atoms with E-state index in [0.29, 0.717) is 55.8 Å². The van der Waals surface area contributed by atoms with Crippen molar-refractivity contribution in [2.24, 2.45) is 0 Å². The van der Waals surface area contributed by atoms with Gasteiger partial charge < -0.3 is 28.4 Å². The Kier molecular flexibility index (Phi) is 13.9. The number of fused-ring (bicyclic) bond motifs is 2. The summed E-state index contributed by atoms with van der Waals surface area (Å²) in [6, 6.07) is 14.9. The van der Waals surface area contributed by atoms with E-state index in [4.69, 9.17) is 28.4 Å². The van der Waals surface area contributed by atoms with Crippen molar-refractivity contribution in [3.8, 4) is 23.0 Å². The van der Waals surface area contributed by atoms with Crippen molar-refractivity contribution in [3.63, 3.8) is 0 Å². The molecule has 0 saturated carbocycles. The van der Waals surface area contributed by atoms with Crippen molar-refractivity contribution in [1.82, 2.24) is 0 Å². The van der Waals surface area contributed by atoms with Gasteiger partial charge in [0.05, 0.1) is 19.0 Å². The Hall–Kier alpha value is -2.53. The van der Waals surface area contributed by atoms with Gasteiger partial charge in [-0.25, -0.2) is 0 Å². The lowest BCUT2D eigenvalue weighted by molar-refractivity contribution is -0.103. The van der Waals surface area contributed by atoms with E-state index in [0.717, 1.165) is 19.3 Å². The number of para-hydroxylation sites is 4. The Balaban J connectivity index is 1.85. The fraction of sp³-hybridized carbons (Fsp3) is 0.600. The fourth-order valence-electron chi connectivity index (χ4n) is 4.42. The van der Waals surface area contributed by atoms with Crippen molar-refractivity contribution in [1.29, 1.82) is 0 Å². The second-order valence-corrected chi connectivity index (χ2v) is 11.5. The average Bonchev–Trinajstić information content (AvgIpc) is 2.94. The molecule has 1 aliphatic rings. The molecule has 10 heteroatoms. The van der Waals surface area contributed by atoms with Gasteiger partial charge in [0.25, 0.3) is 10.1 Å². The zero-order valence-electron chi connectivity index (χ0n) is 23.6. The van der Waals surface area contributed by atoms with Gasteiger partial charge in [0.1, 0.15) is 32.0 Å². The van der Waals surface area contributed by atoms with Gasteiger partial charge in [-0.1, -0.05) is 69.7 Å². The number of hydrogen-bond acceptors (Lipinski definition) is 8. The summed E-state index contributed by atoms with van der Waals surface area (Å²) in [5.74, 6) is 1.97. The summed E-state index contributed by atoms with van der Waals surface area (Å²) in [4.78, 5) is 0. The van der Waals surface area contributed by atoms with Crippen LogP contribution in [0.2, 0.25) is 0 Å². The molecule has 0 saturated heterocycles. The lowest BCUT2D eigenvalue weighted by Gasteiger charge is -2.34. The average molecular weight is 581 g/mol. The minimum absolute atomic E-state index is 0.121. The van der Waals surface area contributed by atoms with Crippen LogP contribution in [-0.2, 0) is 19.6 Å². The van der Waals surface area contributed by atoms with Crippen molar-refractivity contribution >= 4 is 10.1 Å². The van der Waals surface area contributed by atoms with Crippen molar-refractivity contribution in [2.45, 2.75) is 63.9 Å². The highest BCUT2D eigenvalue weighted by atomic mass is 32.2. The Morgan fingerprint density at radius 3 is 1.75 bits per heavy atom. The van der Waals surface area contributed by atoms with Crippen LogP contribution in [0.5, 0.6) is 23.0 Å². The van der Waals surface area contributed by atoms with E-state index in [-0.39, 0.29) is 32.0 Å². The van der Waals surface area contributed by atoms with E-state index in [2.05, 4.69) is 6.92 Å². The maximum Gasteiger partial charge on any atom is 0.264 e. The summed E-state index contributed by atoms with van der Waals surface area (Å²) in [6.07, 6.45) is 7.42. The summed E-state index contributed by atoms with van der Waals surface area (Å²) in [7, 11) is -4.09. The quantitative estimate of drug-likeness (QED) is 0.249. The molecule has 3 rings (SSSR count). The number of rotatable bonds is 12. The molecule has 0 fully saturated rings. The first-order chi connectivity index (χ1) is 19.4. The summed E-state index contributed by atoms with van der Waals surface area (Å²) >= 11 is 0.